The summed E-state index contributed by atoms with van der Waals surface area (Å²) in [5, 5.41) is -0.00119. The van der Waals surface area contributed by atoms with Gasteiger partial charge >= 0.3 is 0 Å². The highest BCUT2D eigenvalue weighted by Crippen LogP contribution is 2.34. The fourth-order valence-corrected chi connectivity index (χ4v) is 2.67. The molecule has 0 N–H and O–H groups in total. The molecule has 3 rings (SSSR count). The minimum Gasteiger partial charge on any atom is -0.481 e. The Morgan fingerprint density at radius 2 is 2.23 bits per heavy atom. The highest BCUT2D eigenvalue weighted by molar-refractivity contribution is 6.31. The molecule has 1 amide bonds. The monoisotopic (exact) mass is 321 g/mol. The lowest BCUT2D eigenvalue weighted by molar-refractivity contribution is 0.0978. The maximum atomic E-state index is 14.4. The van der Waals surface area contributed by atoms with Gasteiger partial charge in [-0.1, -0.05) is 17.7 Å². The van der Waals surface area contributed by atoms with Crippen LogP contribution in [0.4, 0.5) is 10.1 Å². The quantitative estimate of drug-likeness (QED) is 0.853. The zero-order chi connectivity index (χ0) is 15.7. The number of benzene rings is 1. The van der Waals surface area contributed by atoms with E-state index in [1.807, 2.05) is 0 Å². The van der Waals surface area contributed by atoms with Crippen molar-refractivity contribution < 1.29 is 13.9 Å². The maximum Gasteiger partial charge on any atom is 0.277 e. The topological polar surface area (TPSA) is 55.3 Å². The van der Waals surface area contributed by atoms with Gasteiger partial charge in [-0.15, -0.1) is 0 Å². The van der Waals surface area contributed by atoms with E-state index in [-0.39, 0.29) is 22.3 Å². The summed E-state index contributed by atoms with van der Waals surface area (Å²) >= 11 is 5.85. The van der Waals surface area contributed by atoms with Crippen molar-refractivity contribution in [3.63, 3.8) is 0 Å². The van der Waals surface area contributed by atoms with Crippen LogP contribution in [-0.2, 0) is 6.42 Å². The molecule has 0 saturated carbocycles. The summed E-state index contributed by atoms with van der Waals surface area (Å²) in [6.45, 7) is 0.412. The average Bonchev–Trinajstić information content (AvgIpc) is 2.57. The summed E-state index contributed by atoms with van der Waals surface area (Å²) in [7, 11) is 1.45. The van der Waals surface area contributed by atoms with Gasteiger partial charge in [-0.05, 0) is 24.5 Å². The van der Waals surface area contributed by atoms with Gasteiger partial charge in [-0.25, -0.2) is 14.4 Å². The lowest BCUT2D eigenvalue weighted by Gasteiger charge is -2.29. The number of fused-ring (bicyclic) bond motifs is 1. The first-order chi connectivity index (χ1) is 10.6. The summed E-state index contributed by atoms with van der Waals surface area (Å²) in [6.07, 6.45) is 2.70. The van der Waals surface area contributed by atoms with Crippen molar-refractivity contribution in [2.24, 2.45) is 0 Å². The molecule has 1 aromatic heterocycles. The van der Waals surface area contributed by atoms with Crippen molar-refractivity contribution in [3.05, 3.63) is 46.6 Å². The summed E-state index contributed by atoms with van der Waals surface area (Å²) in [5.41, 5.74) is 1.16. The molecule has 5 nitrogen and oxygen atoms in total. The number of methoxy groups -OCH3 is 1. The van der Waals surface area contributed by atoms with E-state index < -0.39 is 11.7 Å². The minimum absolute atomic E-state index is 0.00119. The van der Waals surface area contributed by atoms with E-state index in [1.54, 1.807) is 6.07 Å². The number of hydrogen-bond donors (Lipinski definition) is 0. The Bertz CT molecular complexity index is 739. The third-order valence-electron chi connectivity index (χ3n) is 3.57. The molecule has 1 aliphatic heterocycles. The van der Waals surface area contributed by atoms with Gasteiger partial charge in [0.25, 0.3) is 5.91 Å². The molecule has 0 unspecified atom stereocenters. The lowest BCUT2D eigenvalue weighted by Crippen LogP contribution is -2.36. The van der Waals surface area contributed by atoms with Crippen LogP contribution in [0, 0.1) is 5.82 Å². The van der Waals surface area contributed by atoms with E-state index in [9.17, 15) is 9.18 Å². The second-order valence-electron chi connectivity index (χ2n) is 4.88. The molecule has 2 heterocycles. The van der Waals surface area contributed by atoms with Gasteiger partial charge in [0.15, 0.2) is 5.82 Å². The molecule has 1 aliphatic rings. The highest BCUT2D eigenvalue weighted by atomic mass is 35.5. The predicted octanol–water partition coefficient (Wildman–Crippen LogP) is 2.87. The Kier molecular flexibility index (Phi) is 3.94. The van der Waals surface area contributed by atoms with E-state index in [0.29, 0.717) is 13.0 Å². The number of carbonyl (C=O) groups excluding carboxylic acids is 1. The van der Waals surface area contributed by atoms with Crippen LogP contribution in [-0.4, -0.2) is 29.5 Å². The fourth-order valence-electron chi connectivity index (χ4n) is 2.52. The fraction of sp³-hybridized carbons (Fsp3) is 0.267. The molecular formula is C15H13ClFN3O2. The molecule has 0 spiro atoms. The minimum atomic E-state index is -0.576. The smallest absolute Gasteiger partial charge is 0.277 e. The van der Waals surface area contributed by atoms with Gasteiger partial charge in [0.2, 0.25) is 5.88 Å². The van der Waals surface area contributed by atoms with E-state index in [1.165, 1.54) is 30.5 Å². The Morgan fingerprint density at radius 1 is 1.41 bits per heavy atom. The molecule has 1 aromatic carbocycles. The van der Waals surface area contributed by atoms with Crippen LogP contribution in [0.15, 0.2) is 24.5 Å². The first kappa shape index (κ1) is 14.7. The third-order valence-corrected chi connectivity index (χ3v) is 3.86. The SMILES string of the molecule is COc1cc(C(=O)N2CCCc3ccc(Cl)c(F)c32)ncn1. The number of amides is 1. The Labute approximate surface area is 131 Å². The van der Waals surface area contributed by atoms with Gasteiger partial charge in [0, 0.05) is 12.6 Å². The Hall–Kier alpha value is -2.21. The average molecular weight is 322 g/mol. The van der Waals surface area contributed by atoms with Crippen molar-refractivity contribution in [1.82, 2.24) is 9.97 Å². The summed E-state index contributed by atoms with van der Waals surface area (Å²) in [5.74, 6) is -0.696. The summed E-state index contributed by atoms with van der Waals surface area (Å²) in [6, 6.07) is 4.69. The zero-order valence-electron chi connectivity index (χ0n) is 11.8. The van der Waals surface area contributed by atoms with Crippen LogP contribution >= 0.6 is 11.6 Å². The second-order valence-corrected chi connectivity index (χ2v) is 5.28. The number of halogens is 2. The van der Waals surface area contributed by atoms with Gasteiger partial charge < -0.3 is 9.64 Å². The van der Waals surface area contributed by atoms with Crippen LogP contribution in [0.2, 0.25) is 5.02 Å². The largest absolute Gasteiger partial charge is 0.481 e. The Morgan fingerprint density at radius 3 is 3.00 bits per heavy atom. The van der Waals surface area contributed by atoms with Crippen molar-refractivity contribution in [3.8, 4) is 5.88 Å². The molecule has 22 heavy (non-hydrogen) atoms. The van der Waals surface area contributed by atoms with E-state index >= 15 is 0 Å². The molecular weight excluding hydrogens is 309 g/mol. The molecule has 7 heteroatoms. The number of carbonyl (C=O) groups is 1. The molecule has 0 radical (unpaired) electrons. The van der Waals surface area contributed by atoms with E-state index in [0.717, 1.165) is 12.0 Å². The van der Waals surface area contributed by atoms with Crippen LogP contribution in [0.25, 0.3) is 0 Å². The van der Waals surface area contributed by atoms with Crippen molar-refractivity contribution in [2.45, 2.75) is 12.8 Å². The highest BCUT2D eigenvalue weighted by Gasteiger charge is 2.28. The predicted molar refractivity (Wildman–Crippen MR) is 80.0 cm³/mol. The summed E-state index contributed by atoms with van der Waals surface area (Å²) < 4.78 is 19.4. The molecule has 0 atom stereocenters. The lowest BCUT2D eigenvalue weighted by atomic mass is 10.0. The number of aromatic nitrogens is 2. The van der Waals surface area contributed by atoms with Gasteiger partial charge in [0.1, 0.15) is 12.0 Å². The number of nitrogens with zero attached hydrogens (tertiary/aromatic N) is 3. The van der Waals surface area contributed by atoms with Gasteiger partial charge in [-0.3, -0.25) is 4.79 Å². The molecule has 0 fully saturated rings. The normalized spacial score (nSPS) is 13.7. The number of aryl methyl sites for hydroxylation is 1. The van der Waals surface area contributed by atoms with Crippen molar-refractivity contribution in [1.29, 1.82) is 0 Å². The number of rotatable bonds is 2. The molecule has 2 aromatic rings. The molecule has 0 bridgehead atoms. The van der Waals surface area contributed by atoms with Gasteiger partial charge in [-0.2, -0.15) is 0 Å². The van der Waals surface area contributed by atoms with Crippen LogP contribution in [0.5, 0.6) is 5.88 Å². The zero-order valence-corrected chi connectivity index (χ0v) is 12.6. The second kappa shape index (κ2) is 5.88. The first-order valence-electron chi connectivity index (χ1n) is 6.76. The first-order valence-corrected chi connectivity index (χ1v) is 7.14. The van der Waals surface area contributed by atoms with Crippen molar-refractivity contribution in [2.75, 3.05) is 18.6 Å². The summed E-state index contributed by atoms with van der Waals surface area (Å²) in [4.78, 5) is 21.9. The Balaban J connectivity index is 2.03. The van der Waals surface area contributed by atoms with Crippen molar-refractivity contribution >= 4 is 23.2 Å². The van der Waals surface area contributed by atoms with E-state index in [4.69, 9.17) is 16.3 Å². The standard InChI is InChI=1S/C15H13ClFN3O2/c1-22-12-7-11(18-8-19-12)15(21)20-6-2-3-9-4-5-10(16)13(17)14(9)20/h4-5,7-8H,2-3,6H2,1H3. The molecule has 0 saturated heterocycles. The number of ether oxygens (including phenoxy) is 1. The third kappa shape index (κ3) is 2.50. The molecule has 114 valence electrons. The number of anilines is 1. The maximum absolute atomic E-state index is 14.4. The van der Waals surface area contributed by atoms with Crippen LogP contribution < -0.4 is 9.64 Å². The van der Waals surface area contributed by atoms with E-state index in [2.05, 4.69) is 9.97 Å². The van der Waals surface area contributed by atoms with Gasteiger partial charge in [0.05, 0.1) is 17.8 Å². The van der Waals surface area contributed by atoms with Crippen LogP contribution in [0.3, 0.4) is 0 Å². The van der Waals surface area contributed by atoms with Crippen LogP contribution in [0.1, 0.15) is 22.5 Å². The number of hydrogen-bond acceptors (Lipinski definition) is 4. The molecule has 0 aliphatic carbocycles.